The molecule has 7 heteroatoms. The van der Waals surface area contributed by atoms with Crippen molar-refractivity contribution >= 4 is 21.7 Å². The predicted octanol–water partition coefficient (Wildman–Crippen LogP) is 1.97. The van der Waals surface area contributed by atoms with E-state index >= 15 is 0 Å². The van der Waals surface area contributed by atoms with Crippen LogP contribution in [0, 0.1) is 0 Å². The molecule has 0 unspecified atom stereocenters. The van der Waals surface area contributed by atoms with Gasteiger partial charge in [0.2, 0.25) is 0 Å². The summed E-state index contributed by atoms with van der Waals surface area (Å²) in [5.41, 5.74) is 0. The summed E-state index contributed by atoms with van der Waals surface area (Å²) in [7, 11) is 1.86. The molecule has 2 aromatic heterocycles. The van der Waals surface area contributed by atoms with E-state index in [1.807, 2.05) is 13.1 Å². The summed E-state index contributed by atoms with van der Waals surface area (Å²) < 4.78 is 2.51. The van der Waals surface area contributed by atoms with Crippen LogP contribution in [-0.2, 0) is 19.9 Å². The highest BCUT2D eigenvalue weighted by molar-refractivity contribution is 9.10. The molecule has 0 bridgehead atoms. The van der Waals surface area contributed by atoms with E-state index in [4.69, 9.17) is 0 Å². The van der Waals surface area contributed by atoms with Crippen LogP contribution in [0.25, 0.3) is 0 Å². The van der Waals surface area contributed by atoms with Gasteiger partial charge < -0.3 is 5.32 Å². The number of anilines is 1. The van der Waals surface area contributed by atoms with E-state index in [-0.39, 0.29) is 0 Å². The minimum Gasteiger partial charge on any atom is -0.369 e. The summed E-state index contributed by atoms with van der Waals surface area (Å²) in [6, 6.07) is 1.88. The third-order valence-electron chi connectivity index (χ3n) is 2.52. The SMILES string of the molecule is CCCc1nc(Br)cc(NCCc2ncn(C)n2)n1. The Labute approximate surface area is 120 Å². The third kappa shape index (κ3) is 4.27. The first-order valence-corrected chi connectivity index (χ1v) is 7.08. The van der Waals surface area contributed by atoms with E-state index in [1.165, 1.54) is 0 Å². The number of halogens is 1. The van der Waals surface area contributed by atoms with E-state index < -0.39 is 0 Å². The van der Waals surface area contributed by atoms with Gasteiger partial charge in [0.1, 0.15) is 22.6 Å². The predicted molar refractivity (Wildman–Crippen MR) is 76.9 cm³/mol. The zero-order valence-corrected chi connectivity index (χ0v) is 12.7. The number of nitrogens with zero attached hydrogens (tertiary/aromatic N) is 5. The Morgan fingerprint density at radius 3 is 2.79 bits per heavy atom. The Hall–Kier alpha value is -1.50. The Morgan fingerprint density at radius 2 is 2.11 bits per heavy atom. The zero-order chi connectivity index (χ0) is 13.7. The van der Waals surface area contributed by atoms with Gasteiger partial charge in [-0.25, -0.2) is 15.0 Å². The molecule has 0 saturated carbocycles. The van der Waals surface area contributed by atoms with Crippen molar-refractivity contribution in [3.8, 4) is 0 Å². The lowest BCUT2D eigenvalue weighted by Gasteiger charge is -2.06. The van der Waals surface area contributed by atoms with Gasteiger partial charge in [-0.3, -0.25) is 4.68 Å². The van der Waals surface area contributed by atoms with Crippen LogP contribution < -0.4 is 5.32 Å². The Morgan fingerprint density at radius 1 is 1.26 bits per heavy atom. The van der Waals surface area contributed by atoms with Crippen molar-refractivity contribution in [1.29, 1.82) is 0 Å². The lowest BCUT2D eigenvalue weighted by molar-refractivity contribution is 0.741. The highest BCUT2D eigenvalue weighted by Crippen LogP contribution is 2.13. The fourth-order valence-corrected chi connectivity index (χ4v) is 2.11. The maximum absolute atomic E-state index is 4.46. The molecule has 6 nitrogen and oxygen atoms in total. The van der Waals surface area contributed by atoms with Gasteiger partial charge in [0.15, 0.2) is 5.82 Å². The summed E-state index contributed by atoms with van der Waals surface area (Å²) >= 11 is 3.40. The lowest BCUT2D eigenvalue weighted by Crippen LogP contribution is -2.09. The number of hydrogen-bond acceptors (Lipinski definition) is 5. The monoisotopic (exact) mass is 324 g/mol. The van der Waals surface area contributed by atoms with Crippen molar-refractivity contribution in [2.24, 2.45) is 7.05 Å². The number of rotatable bonds is 6. The summed E-state index contributed by atoms with van der Waals surface area (Å²) in [6.45, 7) is 2.86. The minimum atomic E-state index is 0.749. The average molecular weight is 325 g/mol. The normalized spacial score (nSPS) is 10.7. The van der Waals surface area contributed by atoms with Gasteiger partial charge in [-0.1, -0.05) is 6.92 Å². The molecular weight excluding hydrogens is 308 g/mol. The smallest absolute Gasteiger partial charge is 0.152 e. The second kappa shape index (κ2) is 6.60. The molecular formula is C12H17BrN6. The average Bonchev–Trinajstić information content (AvgIpc) is 2.75. The summed E-state index contributed by atoms with van der Waals surface area (Å²) in [5, 5.41) is 7.50. The van der Waals surface area contributed by atoms with Crippen LogP contribution in [0.4, 0.5) is 5.82 Å². The molecule has 2 aromatic rings. The molecule has 0 aliphatic rings. The summed E-state index contributed by atoms with van der Waals surface area (Å²) in [4.78, 5) is 13.0. The van der Waals surface area contributed by atoms with Gasteiger partial charge in [0, 0.05) is 32.5 Å². The molecule has 0 spiro atoms. The lowest BCUT2D eigenvalue weighted by atomic mass is 10.3. The first-order chi connectivity index (χ1) is 9.17. The Balaban J connectivity index is 1.91. The van der Waals surface area contributed by atoms with E-state index in [9.17, 15) is 0 Å². The number of nitrogens with one attached hydrogen (secondary N) is 1. The molecule has 0 aliphatic heterocycles. The molecule has 0 fully saturated rings. The molecule has 0 aromatic carbocycles. The van der Waals surface area contributed by atoms with Gasteiger partial charge in [-0.05, 0) is 22.4 Å². The largest absolute Gasteiger partial charge is 0.369 e. The van der Waals surface area contributed by atoms with Gasteiger partial charge in [0.05, 0.1) is 0 Å². The van der Waals surface area contributed by atoms with Crippen LogP contribution in [0.1, 0.15) is 25.0 Å². The van der Waals surface area contributed by atoms with Crippen molar-refractivity contribution in [3.05, 3.63) is 28.6 Å². The topological polar surface area (TPSA) is 68.5 Å². The molecule has 102 valence electrons. The third-order valence-corrected chi connectivity index (χ3v) is 2.92. The highest BCUT2D eigenvalue weighted by Gasteiger charge is 2.03. The van der Waals surface area contributed by atoms with Crippen LogP contribution in [0.3, 0.4) is 0 Å². The molecule has 0 atom stereocenters. The zero-order valence-electron chi connectivity index (χ0n) is 11.1. The molecule has 2 heterocycles. The minimum absolute atomic E-state index is 0.749. The molecule has 0 amide bonds. The van der Waals surface area contributed by atoms with Crippen LogP contribution in [0.15, 0.2) is 17.0 Å². The van der Waals surface area contributed by atoms with E-state index in [0.29, 0.717) is 0 Å². The van der Waals surface area contributed by atoms with Crippen LogP contribution in [0.5, 0.6) is 0 Å². The molecule has 19 heavy (non-hydrogen) atoms. The van der Waals surface area contributed by atoms with E-state index in [1.54, 1.807) is 11.0 Å². The van der Waals surface area contributed by atoms with Crippen molar-refractivity contribution in [2.75, 3.05) is 11.9 Å². The van der Waals surface area contributed by atoms with Crippen molar-refractivity contribution < 1.29 is 0 Å². The number of aryl methyl sites for hydroxylation is 2. The second-order valence-corrected chi connectivity index (χ2v) is 5.07. The second-order valence-electron chi connectivity index (χ2n) is 4.25. The standard InChI is InChI=1S/C12H17BrN6/c1-3-4-11-16-9(13)7-12(17-11)14-6-5-10-15-8-19(2)18-10/h7-8H,3-6H2,1-2H3,(H,14,16,17). The van der Waals surface area contributed by atoms with Crippen molar-refractivity contribution in [2.45, 2.75) is 26.2 Å². The van der Waals surface area contributed by atoms with Gasteiger partial charge in [-0.15, -0.1) is 0 Å². The van der Waals surface area contributed by atoms with Gasteiger partial charge in [0.25, 0.3) is 0 Å². The molecule has 0 radical (unpaired) electrons. The first-order valence-electron chi connectivity index (χ1n) is 6.29. The molecule has 0 aliphatic carbocycles. The fourth-order valence-electron chi connectivity index (χ4n) is 1.69. The van der Waals surface area contributed by atoms with Crippen LogP contribution in [-0.4, -0.2) is 31.3 Å². The maximum Gasteiger partial charge on any atom is 0.152 e. The fraction of sp³-hybridized carbons (Fsp3) is 0.500. The molecule has 0 saturated heterocycles. The van der Waals surface area contributed by atoms with Crippen molar-refractivity contribution in [3.63, 3.8) is 0 Å². The Bertz CT molecular complexity index is 539. The van der Waals surface area contributed by atoms with Crippen LogP contribution in [0.2, 0.25) is 0 Å². The molecule has 1 N–H and O–H groups in total. The molecule has 2 rings (SSSR count). The van der Waals surface area contributed by atoms with Crippen LogP contribution >= 0.6 is 15.9 Å². The van der Waals surface area contributed by atoms with Crippen molar-refractivity contribution in [1.82, 2.24) is 24.7 Å². The van der Waals surface area contributed by atoms with E-state index in [0.717, 1.165) is 47.9 Å². The van der Waals surface area contributed by atoms with Gasteiger partial charge in [-0.2, -0.15) is 5.10 Å². The van der Waals surface area contributed by atoms with E-state index in [2.05, 4.69) is 48.2 Å². The summed E-state index contributed by atoms with van der Waals surface area (Å²) in [5.74, 6) is 2.52. The maximum atomic E-state index is 4.46. The number of aromatic nitrogens is 5. The van der Waals surface area contributed by atoms with Gasteiger partial charge >= 0.3 is 0 Å². The summed E-state index contributed by atoms with van der Waals surface area (Å²) in [6.07, 6.45) is 4.39. The highest BCUT2D eigenvalue weighted by atomic mass is 79.9. The Kier molecular flexibility index (Phi) is 4.84. The quantitative estimate of drug-likeness (QED) is 0.823. The first kappa shape index (κ1) is 13.9. The number of hydrogen-bond donors (Lipinski definition) is 1.